The summed E-state index contributed by atoms with van der Waals surface area (Å²) in [6.45, 7) is 0.313. The lowest BCUT2D eigenvalue weighted by Crippen LogP contribution is -2.38. The lowest BCUT2D eigenvalue weighted by atomic mass is 10.2. The molecule has 0 spiro atoms. The van der Waals surface area contributed by atoms with Gasteiger partial charge in [0.1, 0.15) is 0 Å². The van der Waals surface area contributed by atoms with Gasteiger partial charge in [0.15, 0.2) is 0 Å². The maximum atomic E-state index is 12.4. The Morgan fingerprint density at radius 3 is 2.65 bits per heavy atom. The molecular weight excluding hydrogens is 440 g/mol. The highest BCUT2D eigenvalue weighted by Crippen LogP contribution is 2.31. The van der Waals surface area contributed by atoms with E-state index in [1.165, 1.54) is 0 Å². The Hall–Kier alpha value is -3.17. The molecule has 1 aliphatic rings. The molecule has 1 aromatic heterocycles. The summed E-state index contributed by atoms with van der Waals surface area (Å²) in [5.74, 6) is -1.07. The lowest BCUT2D eigenvalue weighted by molar-refractivity contribution is -0.124. The van der Waals surface area contributed by atoms with Crippen LogP contribution in [0, 0.1) is 0 Å². The molecule has 2 aromatic rings. The zero-order valence-electron chi connectivity index (χ0n) is 16.3. The number of nitrogens with one attached hydrogen (secondary N) is 2. The molecule has 4 amide bonds. The van der Waals surface area contributed by atoms with Gasteiger partial charge < -0.3 is 10.6 Å². The van der Waals surface area contributed by atoms with Crippen molar-refractivity contribution in [3.8, 4) is 0 Å². The van der Waals surface area contributed by atoms with E-state index in [2.05, 4.69) is 15.6 Å². The molecule has 2 heterocycles. The van der Waals surface area contributed by atoms with E-state index in [1.54, 1.807) is 54.9 Å². The Balaban J connectivity index is 1.40. The maximum Gasteiger partial charge on any atom is 0.293 e. The third kappa shape index (κ3) is 6.16. The summed E-state index contributed by atoms with van der Waals surface area (Å²) in [6.07, 6.45) is 4.88. The van der Waals surface area contributed by atoms with Gasteiger partial charge in [-0.25, -0.2) is 0 Å². The fourth-order valence-electron chi connectivity index (χ4n) is 2.73. The molecule has 3 rings (SSSR count). The first kappa shape index (κ1) is 22.5. The number of benzene rings is 1. The molecule has 160 valence electrons. The van der Waals surface area contributed by atoms with Crippen LogP contribution in [0.25, 0.3) is 6.08 Å². The summed E-state index contributed by atoms with van der Waals surface area (Å²) >= 11 is 6.81. The topological polar surface area (TPSA) is 108 Å². The van der Waals surface area contributed by atoms with Gasteiger partial charge in [-0.3, -0.25) is 29.1 Å². The Morgan fingerprint density at radius 1 is 1.10 bits per heavy atom. The lowest BCUT2D eigenvalue weighted by Gasteiger charge is -2.13. The van der Waals surface area contributed by atoms with Crippen LogP contribution in [0.2, 0.25) is 5.02 Å². The van der Waals surface area contributed by atoms with Crippen molar-refractivity contribution in [2.24, 2.45) is 0 Å². The molecule has 31 heavy (non-hydrogen) atoms. The van der Waals surface area contributed by atoms with Gasteiger partial charge in [0.2, 0.25) is 5.91 Å². The van der Waals surface area contributed by atoms with Crippen molar-refractivity contribution in [3.05, 3.63) is 69.8 Å². The average Bonchev–Trinajstić information content (AvgIpc) is 3.02. The minimum atomic E-state index is -0.403. The molecule has 1 fully saturated rings. The Kier molecular flexibility index (Phi) is 7.80. The molecule has 1 aromatic carbocycles. The van der Waals surface area contributed by atoms with Crippen LogP contribution in [0.4, 0.5) is 4.79 Å². The number of carbonyl (C=O) groups excluding carboxylic acids is 4. The number of hydrogen-bond acceptors (Lipinski definition) is 6. The summed E-state index contributed by atoms with van der Waals surface area (Å²) in [5, 5.41) is 5.21. The molecule has 1 aliphatic heterocycles. The highest BCUT2D eigenvalue weighted by Gasteiger charge is 2.34. The number of amides is 4. The number of pyridine rings is 1. The zero-order valence-corrected chi connectivity index (χ0v) is 17.9. The molecule has 0 bridgehead atoms. The monoisotopic (exact) mass is 458 g/mol. The fourth-order valence-corrected chi connectivity index (χ4v) is 3.82. The molecule has 0 atom stereocenters. The summed E-state index contributed by atoms with van der Waals surface area (Å²) in [4.78, 5) is 53.9. The number of rotatable bonds is 8. The Labute approximate surface area is 188 Å². The molecule has 0 aliphatic carbocycles. The standard InChI is InChI=1S/C21H19ClN4O4S/c22-16-6-2-1-5-15(16)19(28)25-9-7-18(27)24-10-11-26-20(29)17(31-21(26)30)12-14-4-3-8-23-13-14/h1-6,8,12-13H,7,9-11H2,(H,24,27)(H,25,28)/b17-12-. The molecular formula is C21H19ClN4O4S. The SMILES string of the molecule is O=C(CCNC(=O)c1ccccc1Cl)NCCN1C(=O)S/C(=C\c2cccnc2)C1=O. The second-order valence-corrected chi connectivity index (χ2v) is 7.86. The summed E-state index contributed by atoms with van der Waals surface area (Å²) in [7, 11) is 0. The maximum absolute atomic E-state index is 12.4. The highest BCUT2D eigenvalue weighted by atomic mass is 35.5. The van der Waals surface area contributed by atoms with Crippen LogP contribution in [-0.2, 0) is 9.59 Å². The second-order valence-electron chi connectivity index (χ2n) is 6.46. The smallest absolute Gasteiger partial charge is 0.293 e. The Morgan fingerprint density at radius 2 is 1.90 bits per heavy atom. The largest absolute Gasteiger partial charge is 0.354 e. The van der Waals surface area contributed by atoms with Crippen molar-refractivity contribution >= 4 is 52.4 Å². The van der Waals surface area contributed by atoms with E-state index in [1.807, 2.05) is 0 Å². The average molecular weight is 459 g/mol. The molecule has 0 radical (unpaired) electrons. The molecule has 0 saturated carbocycles. The van der Waals surface area contributed by atoms with Crippen LogP contribution in [0.3, 0.4) is 0 Å². The van der Waals surface area contributed by atoms with Crippen LogP contribution in [0.5, 0.6) is 0 Å². The predicted molar refractivity (Wildman–Crippen MR) is 118 cm³/mol. The van der Waals surface area contributed by atoms with Crippen molar-refractivity contribution < 1.29 is 19.2 Å². The van der Waals surface area contributed by atoms with Gasteiger partial charge in [0.25, 0.3) is 17.1 Å². The van der Waals surface area contributed by atoms with Crippen LogP contribution in [0.1, 0.15) is 22.3 Å². The number of carbonyl (C=O) groups is 4. The van der Waals surface area contributed by atoms with Crippen LogP contribution in [-0.4, -0.2) is 52.5 Å². The summed E-state index contributed by atoms with van der Waals surface area (Å²) < 4.78 is 0. The van der Waals surface area contributed by atoms with Crippen molar-refractivity contribution in [3.63, 3.8) is 0 Å². The number of thioether (sulfide) groups is 1. The van der Waals surface area contributed by atoms with Crippen LogP contribution >= 0.6 is 23.4 Å². The van der Waals surface area contributed by atoms with Crippen molar-refractivity contribution in [1.82, 2.24) is 20.5 Å². The first-order valence-corrected chi connectivity index (χ1v) is 10.6. The van der Waals surface area contributed by atoms with Gasteiger partial charge in [0.05, 0.1) is 15.5 Å². The third-order valence-corrected chi connectivity index (χ3v) is 5.51. The molecule has 10 heteroatoms. The summed E-state index contributed by atoms with van der Waals surface area (Å²) in [5.41, 5.74) is 1.06. The normalized spacial score (nSPS) is 14.7. The number of aromatic nitrogens is 1. The van der Waals surface area contributed by atoms with E-state index >= 15 is 0 Å². The molecule has 1 saturated heterocycles. The van der Waals surface area contributed by atoms with E-state index in [0.29, 0.717) is 15.5 Å². The van der Waals surface area contributed by atoms with Gasteiger partial charge in [-0.15, -0.1) is 0 Å². The number of hydrogen-bond donors (Lipinski definition) is 2. The van der Waals surface area contributed by atoms with Crippen molar-refractivity contribution in [2.45, 2.75) is 6.42 Å². The van der Waals surface area contributed by atoms with Gasteiger partial charge in [-0.2, -0.15) is 0 Å². The fraction of sp³-hybridized carbons (Fsp3) is 0.190. The zero-order chi connectivity index (χ0) is 22.2. The quantitative estimate of drug-likeness (QED) is 0.589. The van der Waals surface area contributed by atoms with Gasteiger partial charge in [-0.1, -0.05) is 29.8 Å². The van der Waals surface area contributed by atoms with E-state index < -0.39 is 5.91 Å². The van der Waals surface area contributed by atoms with E-state index in [4.69, 9.17) is 11.6 Å². The highest BCUT2D eigenvalue weighted by molar-refractivity contribution is 8.18. The van der Waals surface area contributed by atoms with Crippen molar-refractivity contribution in [1.29, 1.82) is 0 Å². The number of imide groups is 1. The van der Waals surface area contributed by atoms with Crippen LogP contribution in [0.15, 0.2) is 53.7 Å². The first-order valence-electron chi connectivity index (χ1n) is 9.40. The predicted octanol–water partition coefficient (Wildman–Crippen LogP) is 2.71. The molecule has 2 N–H and O–H groups in total. The van der Waals surface area contributed by atoms with E-state index in [0.717, 1.165) is 22.2 Å². The Bertz CT molecular complexity index is 1030. The summed E-state index contributed by atoms with van der Waals surface area (Å²) in [6, 6.07) is 10.1. The van der Waals surface area contributed by atoms with Gasteiger partial charge in [0, 0.05) is 38.4 Å². The van der Waals surface area contributed by atoms with E-state index in [9.17, 15) is 19.2 Å². The number of halogens is 1. The van der Waals surface area contributed by atoms with Gasteiger partial charge >= 0.3 is 0 Å². The minimum absolute atomic E-state index is 0.0546. The van der Waals surface area contributed by atoms with Crippen molar-refractivity contribution in [2.75, 3.05) is 19.6 Å². The second kappa shape index (κ2) is 10.7. The van der Waals surface area contributed by atoms with E-state index in [-0.39, 0.29) is 43.1 Å². The minimum Gasteiger partial charge on any atom is -0.354 e. The first-order chi connectivity index (χ1) is 15.0. The van der Waals surface area contributed by atoms with Gasteiger partial charge in [-0.05, 0) is 41.6 Å². The molecule has 8 nitrogen and oxygen atoms in total. The molecule has 0 unspecified atom stereocenters. The number of nitrogens with zero attached hydrogens (tertiary/aromatic N) is 2. The van der Waals surface area contributed by atoms with Crippen LogP contribution < -0.4 is 10.6 Å². The third-order valence-electron chi connectivity index (χ3n) is 4.27.